The molecule has 0 saturated heterocycles. The zero-order valence-electron chi connectivity index (χ0n) is 13.1. The highest BCUT2D eigenvalue weighted by Gasteiger charge is 2.23. The number of ether oxygens (including phenoxy) is 1. The van der Waals surface area contributed by atoms with Gasteiger partial charge in [-0.1, -0.05) is 28.9 Å². The van der Waals surface area contributed by atoms with Crippen molar-refractivity contribution < 1.29 is 15.1 Å². The molecule has 0 aliphatic rings. The second-order valence-corrected chi connectivity index (χ2v) is 5.67. The van der Waals surface area contributed by atoms with Crippen LogP contribution < -0.4 is 10.3 Å². The number of methoxy groups -OCH3 is 1. The Kier molecular flexibility index (Phi) is 4.69. The zero-order valence-corrected chi connectivity index (χ0v) is 13.9. The first-order valence-corrected chi connectivity index (χ1v) is 7.65. The summed E-state index contributed by atoms with van der Waals surface area (Å²) in [4.78, 5) is 19.1. The van der Waals surface area contributed by atoms with Crippen LogP contribution in [-0.4, -0.2) is 33.1 Å². The Morgan fingerprint density at radius 2 is 2.00 bits per heavy atom. The topological polar surface area (TPSA) is 108 Å². The molecule has 0 saturated carbocycles. The molecule has 7 nitrogen and oxygen atoms in total. The van der Waals surface area contributed by atoms with Crippen molar-refractivity contribution in [1.29, 1.82) is 0 Å². The summed E-state index contributed by atoms with van der Waals surface area (Å²) in [7, 11) is 1.52. The smallest absolute Gasteiger partial charge is 0.276 e. The monoisotopic (exact) mass is 359 g/mol. The van der Waals surface area contributed by atoms with Crippen LogP contribution in [0.25, 0.3) is 11.0 Å². The Morgan fingerprint density at radius 1 is 1.28 bits per heavy atom. The van der Waals surface area contributed by atoms with Gasteiger partial charge in [-0.05, 0) is 35.9 Å². The number of rotatable bonds is 4. The summed E-state index contributed by atoms with van der Waals surface area (Å²) in [5.74, 6) is 0.608. The van der Waals surface area contributed by atoms with E-state index >= 15 is 0 Å². The van der Waals surface area contributed by atoms with E-state index in [1.165, 1.54) is 7.11 Å². The van der Waals surface area contributed by atoms with Gasteiger partial charge in [-0.25, -0.2) is 4.98 Å². The van der Waals surface area contributed by atoms with E-state index in [4.69, 9.17) is 16.3 Å². The largest absolute Gasteiger partial charge is 0.497 e. The van der Waals surface area contributed by atoms with Gasteiger partial charge in [-0.15, -0.1) is 0 Å². The molecule has 0 amide bonds. The number of aliphatic hydroxyl groups is 1. The number of aromatic nitrogens is 2. The fourth-order valence-corrected chi connectivity index (χ4v) is 2.58. The van der Waals surface area contributed by atoms with Crippen molar-refractivity contribution in [3.8, 4) is 5.75 Å². The third-order valence-corrected chi connectivity index (χ3v) is 3.93. The summed E-state index contributed by atoms with van der Waals surface area (Å²) in [6.45, 7) is 0. The molecule has 3 aromatic rings. The maximum atomic E-state index is 12.3. The van der Waals surface area contributed by atoms with E-state index < -0.39 is 11.7 Å². The lowest BCUT2D eigenvalue weighted by atomic mass is 10.0. The van der Waals surface area contributed by atoms with Gasteiger partial charge < -0.3 is 20.0 Å². The molecule has 0 unspecified atom stereocenters. The van der Waals surface area contributed by atoms with E-state index in [9.17, 15) is 15.1 Å². The second kappa shape index (κ2) is 6.92. The zero-order chi connectivity index (χ0) is 18.0. The van der Waals surface area contributed by atoms with Crippen LogP contribution in [0, 0.1) is 0 Å². The predicted octanol–water partition coefficient (Wildman–Crippen LogP) is 2.50. The van der Waals surface area contributed by atoms with Crippen molar-refractivity contribution in [1.82, 2.24) is 9.97 Å². The van der Waals surface area contributed by atoms with Crippen molar-refractivity contribution in [3.05, 3.63) is 69.1 Å². The fourth-order valence-electron chi connectivity index (χ4n) is 2.41. The number of fused-ring (bicyclic) bond motifs is 1. The van der Waals surface area contributed by atoms with Gasteiger partial charge in [-0.2, -0.15) is 0 Å². The van der Waals surface area contributed by atoms with Crippen LogP contribution in [0.2, 0.25) is 5.02 Å². The van der Waals surface area contributed by atoms with E-state index in [2.05, 4.69) is 15.1 Å². The van der Waals surface area contributed by atoms with Crippen LogP contribution in [0.1, 0.15) is 17.4 Å². The molecule has 3 rings (SSSR count). The minimum absolute atomic E-state index is 0.180. The average molecular weight is 360 g/mol. The van der Waals surface area contributed by atoms with Crippen molar-refractivity contribution in [2.45, 2.75) is 6.10 Å². The third kappa shape index (κ3) is 3.33. The summed E-state index contributed by atoms with van der Waals surface area (Å²) < 4.78 is 5.06. The lowest BCUT2D eigenvalue weighted by Crippen LogP contribution is -2.25. The molecule has 0 aliphatic heterocycles. The highest BCUT2D eigenvalue weighted by Crippen LogP contribution is 2.21. The number of oxime groups is 1. The van der Waals surface area contributed by atoms with E-state index in [0.29, 0.717) is 27.4 Å². The molecule has 0 bridgehead atoms. The lowest BCUT2D eigenvalue weighted by molar-refractivity contribution is 0.235. The summed E-state index contributed by atoms with van der Waals surface area (Å²) >= 11 is 5.89. The van der Waals surface area contributed by atoms with Crippen molar-refractivity contribution in [2.75, 3.05) is 7.11 Å². The Hall–Kier alpha value is -2.90. The Morgan fingerprint density at radius 3 is 2.64 bits per heavy atom. The molecule has 1 aromatic heterocycles. The highest BCUT2D eigenvalue weighted by atomic mass is 35.5. The Bertz CT molecular complexity index is 999. The molecule has 1 atom stereocenters. The maximum absolute atomic E-state index is 12.3. The predicted molar refractivity (Wildman–Crippen MR) is 93.7 cm³/mol. The molecular formula is C17H14ClN3O4. The molecule has 0 radical (unpaired) electrons. The van der Waals surface area contributed by atoms with Crippen molar-refractivity contribution in [3.63, 3.8) is 0 Å². The number of nitrogens with zero attached hydrogens (tertiary/aromatic N) is 2. The van der Waals surface area contributed by atoms with Gasteiger partial charge >= 0.3 is 0 Å². The highest BCUT2D eigenvalue weighted by molar-refractivity contribution is 6.31. The minimum atomic E-state index is -1.34. The molecule has 25 heavy (non-hydrogen) atoms. The van der Waals surface area contributed by atoms with Crippen LogP contribution >= 0.6 is 11.6 Å². The SMILES string of the molecule is COc1ccc([C@H](O)/C(=N\O)c2nc3ccc(Cl)cc3[nH]c2=O)cc1. The third-order valence-electron chi connectivity index (χ3n) is 3.70. The van der Waals surface area contributed by atoms with Gasteiger partial charge in [-0.3, -0.25) is 4.79 Å². The number of halogens is 1. The van der Waals surface area contributed by atoms with Gasteiger partial charge in [0.15, 0.2) is 5.69 Å². The van der Waals surface area contributed by atoms with Gasteiger partial charge in [0.05, 0.1) is 18.1 Å². The summed E-state index contributed by atoms with van der Waals surface area (Å²) in [6.07, 6.45) is -1.34. The Balaban J connectivity index is 2.05. The molecule has 0 fully saturated rings. The number of nitrogens with one attached hydrogen (secondary N) is 1. The first-order valence-electron chi connectivity index (χ1n) is 7.27. The van der Waals surface area contributed by atoms with Crippen LogP contribution in [0.4, 0.5) is 0 Å². The average Bonchev–Trinajstić information content (AvgIpc) is 2.62. The molecule has 3 N–H and O–H groups in total. The van der Waals surface area contributed by atoms with Gasteiger partial charge in [0.25, 0.3) is 5.56 Å². The molecular weight excluding hydrogens is 346 g/mol. The minimum Gasteiger partial charge on any atom is -0.497 e. The number of hydrogen-bond acceptors (Lipinski definition) is 6. The number of hydrogen-bond donors (Lipinski definition) is 3. The number of aliphatic hydroxyl groups excluding tert-OH is 1. The summed E-state index contributed by atoms with van der Waals surface area (Å²) in [5.41, 5.74) is 0.268. The quantitative estimate of drug-likeness (QED) is 0.377. The number of aromatic amines is 1. The first-order chi connectivity index (χ1) is 12.0. The molecule has 1 heterocycles. The normalized spacial score (nSPS) is 13.0. The van der Waals surface area contributed by atoms with Crippen LogP contribution in [0.15, 0.2) is 52.4 Å². The van der Waals surface area contributed by atoms with Crippen LogP contribution in [-0.2, 0) is 0 Å². The molecule has 8 heteroatoms. The van der Waals surface area contributed by atoms with E-state index in [1.807, 2.05) is 0 Å². The fraction of sp³-hybridized carbons (Fsp3) is 0.118. The molecule has 0 aliphatic carbocycles. The summed E-state index contributed by atoms with van der Waals surface area (Å²) in [5, 5.41) is 23.4. The van der Waals surface area contributed by atoms with Crippen LogP contribution in [0.5, 0.6) is 5.75 Å². The van der Waals surface area contributed by atoms with Crippen LogP contribution in [0.3, 0.4) is 0 Å². The van der Waals surface area contributed by atoms with Crippen molar-refractivity contribution >= 4 is 28.3 Å². The number of benzene rings is 2. The summed E-state index contributed by atoms with van der Waals surface area (Å²) in [6, 6.07) is 11.3. The standard InChI is InChI=1S/C17H14ClN3O4/c1-25-11-5-2-9(3-6-11)16(22)14(21-24)15-17(23)20-13-8-10(18)4-7-12(13)19-15/h2-8,16,22,24H,1H3,(H,20,23)/b21-14-/t16-/m0/s1. The lowest BCUT2D eigenvalue weighted by Gasteiger charge is -2.13. The number of H-pyrrole nitrogens is 1. The maximum Gasteiger partial charge on any atom is 0.276 e. The Labute approximate surface area is 147 Å². The van der Waals surface area contributed by atoms with Crippen molar-refractivity contribution in [2.24, 2.45) is 5.16 Å². The van der Waals surface area contributed by atoms with Gasteiger partial charge in [0, 0.05) is 5.02 Å². The van der Waals surface area contributed by atoms with E-state index in [-0.39, 0.29) is 11.4 Å². The molecule has 128 valence electrons. The van der Waals surface area contributed by atoms with E-state index in [0.717, 1.165) is 0 Å². The molecule has 0 spiro atoms. The molecule has 2 aromatic carbocycles. The first kappa shape index (κ1) is 16.9. The second-order valence-electron chi connectivity index (χ2n) is 5.24. The van der Waals surface area contributed by atoms with Gasteiger partial charge in [0.1, 0.15) is 17.6 Å². The van der Waals surface area contributed by atoms with E-state index in [1.54, 1.807) is 42.5 Å². The van der Waals surface area contributed by atoms with Gasteiger partial charge in [0.2, 0.25) is 0 Å².